The van der Waals surface area contributed by atoms with E-state index in [1.54, 1.807) is 18.2 Å². The SMILES string of the molecule is Fc1ccc(Oc2cccc(Cl)n2)cc1F. The average molecular weight is 242 g/mol. The molecule has 2 nitrogen and oxygen atoms in total. The molecule has 0 radical (unpaired) electrons. The predicted molar refractivity (Wildman–Crippen MR) is 55.7 cm³/mol. The molecule has 82 valence electrons. The second kappa shape index (κ2) is 4.45. The minimum absolute atomic E-state index is 0.161. The maximum absolute atomic E-state index is 12.9. The van der Waals surface area contributed by atoms with Crippen LogP contribution in [0, 0.1) is 11.6 Å². The van der Waals surface area contributed by atoms with Gasteiger partial charge in [0.25, 0.3) is 0 Å². The van der Waals surface area contributed by atoms with Gasteiger partial charge in [0.15, 0.2) is 11.6 Å². The Bertz CT molecular complexity index is 519. The van der Waals surface area contributed by atoms with Crippen molar-refractivity contribution in [3.63, 3.8) is 0 Å². The first-order valence-corrected chi connectivity index (χ1v) is 4.78. The number of ether oxygens (including phenoxy) is 1. The van der Waals surface area contributed by atoms with Crippen LogP contribution in [0.2, 0.25) is 5.15 Å². The lowest BCUT2D eigenvalue weighted by atomic mass is 10.3. The summed E-state index contributed by atoms with van der Waals surface area (Å²) in [6, 6.07) is 8.02. The summed E-state index contributed by atoms with van der Waals surface area (Å²) in [5.74, 6) is -1.52. The van der Waals surface area contributed by atoms with Crippen LogP contribution in [0.5, 0.6) is 11.6 Å². The van der Waals surface area contributed by atoms with Crippen molar-refractivity contribution in [3.05, 3.63) is 53.2 Å². The first kappa shape index (κ1) is 10.8. The molecule has 0 bridgehead atoms. The molecule has 0 unspecified atom stereocenters. The van der Waals surface area contributed by atoms with Gasteiger partial charge in [-0.1, -0.05) is 17.7 Å². The Morgan fingerprint density at radius 1 is 1.06 bits per heavy atom. The lowest BCUT2D eigenvalue weighted by Crippen LogP contribution is -1.90. The highest BCUT2D eigenvalue weighted by Gasteiger charge is 2.05. The molecule has 0 amide bonds. The summed E-state index contributed by atoms with van der Waals surface area (Å²) in [6.07, 6.45) is 0. The van der Waals surface area contributed by atoms with E-state index in [0.29, 0.717) is 0 Å². The van der Waals surface area contributed by atoms with Crippen molar-refractivity contribution in [3.8, 4) is 11.6 Å². The van der Waals surface area contributed by atoms with Crippen molar-refractivity contribution in [1.29, 1.82) is 0 Å². The van der Waals surface area contributed by atoms with Gasteiger partial charge in [-0.25, -0.2) is 13.8 Å². The van der Waals surface area contributed by atoms with Crippen LogP contribution in [0.4, 0.5) is 8.78 Å². The standard InChI is InChI=1S/C11H6ClF2NO/c12-10-2-1-3-11(15-10)16-7-4-5-8(13)9(14)6-7/h1-6H. The zero-order chi connectivity index (χ0) is 11.5. The van der Waals surface area contributed by atoms with E-state index in [9.17, 15) is 8.78 Å². The molecule has 1 heterocycles. The Kier molecular flexibility index (Phi) is 3.01. The van der Waals surface area contributed by atoms with Gasteiger partial charge in [0.2, 0.25) is 5.88 Å². The molecule has 0 saturated carbocycles. The normalized spacial score (nSPS) is 10.2. The molecule has 16 heavy (non-hydrogen) atoms. The molecule has 0 spiro atoms. The van der Waals surface area contributed by atoms with Crippen LogP contribution in [0.15, 0.2) is 36.4 Å². The van der Waals surface area contributed by atoms with Crippen molar-refractivity contribution in [2.75, 3.05) is 0 Å². The van der Waals surface area contributed by atoms with Gasteiger partial charge in [0, 0.05) is 12.1 Å². The summed E-state index contributed by atoms with van der Waals surface area (Å²) >= 11 is 5.64. The van der Waals surface area contributed by atoms with Gasteiger partial charge >= 0.3 is 0 Å². The Labute approximate surface area is 95.5 Å². The van der Waals surface area contributed by atoms with Crippen molar-refractivity contribution in [2.24, 2.45) is 0 Å². The zero-order valence-electron chi connectivity index (χ0n) is 7.95. The van der Waals surface area contributed by atoms with E-state index >= 15 is 0 Å². The van der Waals surface area contributed by atoms with Gasteiger partial charge in [-0.15, -0.1) is 0 Å². The fourth-order valence-electron chi connectivity index (χ4n) is 1.11. The van der Waals surface area contributed by atoms with E-state index in [-0.39, 0.29) is 16.8 Å². The average Bonchev–Trinajstić information content (AvgIpc) is 2.24. The Balaban J connectivity index is 2.24. The van der Waals surface area contributed by atoms with E-state index in [2.05, 4.69) is 4.98 Å². The summed E-state index contributed by atoms with van der Waals surface area (Å²) in [4.78, 5) is 3.85. The molecular weight excluding hydrogens is 236 g/mol. The number of hydrogen-bond acceptors (Lipinski definition) is 2. The lowest BCUT2D eigenvalue weighted by Gasteiger charge is -2.04. The molecule has 2 aromatic rings. The predicted octanol–water partition coefficient (Wildman–Crippen LogP) is 3.81. The second-order valence-corrected chi connectivity index (χ2v) is 3.36. The third kappa shape index (κ3) is 2.46. The summed E-state index contributed by atoms with van der Waals surface area (Å²) in [5.41, 5.74) is 0. The molecule has 0 aliphatic heterocycles. The fourth-order valence-corrected chi connectivity index (χ4v) is 1.26. The zero-order valence-corrected chi connectivity index (χ0v) is 8.71. The van der Waals surface area contributed by atoms with Gasteiger partial charge in [-0.3, -0.25) is 0 Å². The molecule has 0 fully saturated rings. The number of rotatable bonds is 2. The van der Waals surface area contributed by atoms with E-state index in [1.807, 2.05) is 0 Å². The van der Waals surface area contributed by atoms with Crippen LogP contribution in [0.25, 0.3) is 0 Å². The first-order chi connectivity index (χ1) is 7.65. The number of benzene rings is 1. The Morgan fingerprint density at radius 3 is 2.56 bits per heavy atom. The highest BCUT2D eigenvalue weighted by atomic mass is 35.5. The maximum atomic E-state index is 12.9. The molecule has 0 saturated heterocycles. The van der Waals surface area contributed by atoms with Gasteiger partial charge in [-0.05, 0) is 18.2 Å². The van der Waals surface area contributed by atoms with Crippen LogP contribution >= 0.6 is 11.6 Å². The molecule has 0 aliphatic rings. The van der Waals surface area contributed by atoms with Crippen LogP contribution in [0.1, 0.15) is 0 Å². The molecule has 1 aromatic carbocycles. The third-order valence-corrected chi connectivity index (χ3v) is 2.01. The number of aromatic nitrogens is 1. The number of nitrogens with zero attached hydrogens (tertiary/aromatic N) is 1. The van der Waals surface area contributed by atoms with E-state index in [0.717, 1.165) is 12.1 Å². The minimum atomic E-state index is -0.973. The van der Waals surface area contributed by atoms with Gasteiger partial charge in [-0.2, -0.15) is 0 Å². The van der Waals surface area contributed by atoms with E-state index in [1.165, 1.54) is 6.07 Å². The molecule has 0 aliphatic carbocycles. The van der Waals surface area contributed by atoms with Crippen LogP contribution in [0.3, 0.4) is 0 Å². The highest BCUT2D eigenvalue weighted by molar-refractivity contribution is 6.29. The molecule has 5 heteroatoms. The fraction of sp³-hybridized carbons (Fsp3) is 0. The smallest absolute Gasteiger partial charge is 0.220 e. The Hall–Kier alpha value is -1.68. The molecule has 0 atom stereocenters. The largest absolute Gasteiger partial charge is 0.439 e. The van der Waals surface area contributed by atoms with Crippen molar-refractivity contribution >= 4 is 11.6 Å². The number of hydrogen-bond donors (Lipinski definition) is 0. The summed E-state index contributed by atoms with van der Waals surface area (Å²) in [5, 5.41) is 0.264. The molecular formula is C11H6ClF2NO. The summed E-state index contributed by atoms with van der Waals surface area (Å²) in [6.45, 7) is 0. The van der Waals surface area contributed by atoms with Crippen LogP contribution in [-0.2, 0) is 0 Å². The maximum Gasteiger partial charge on any atom is 0.220 e. The Morgan fingerprint density at radius 2 is 1.88 bits per heavy atom. The van der Waals surface area contributed by atoms with Crippen LogP contribution < -0.4 is 4.74 Å². The highest BCUT2D eigenvalue weighted by Crippen LogP contribution is 2.22. The first-order valence-electron chi connectivity index (χ1n) is 4.40. The monoisotopic (exact) mass is 241 g/mol. The van der Waals surface area contributed by atoms with Gasteiger partial charge < -0.3 is 4.74 Å². The summed E-state index contributed by atoms with van der Waals surface area (Å²) in [7, 11) is 0. The van der Waals surface area contributed by atoms with Gasteiger partial charge in [0.05, 0.1) is 0 Å². The third-order valence-electron chi connectivity index (χ3n) is 1.80. The molecule has 1 aromatic heterocycles. The van der Waals surface area contributed by atoms with Crippen molar-refractivity contribution in [1.82, 2.24) is 4.98 Å². The molecule has 0 N–H and O–H groups in total. The molecule has 2 rings (SSSR count). The second-order valence-electron chi connectivity index (χ2n) is 2.98. The van der Waals surface area contributed by atoms with Crippen LogP contribution in [-0.4, -0.2) is 4.98 Å². The summed E-state index contributed by atoms with van der Waals surface area (Å²) < 4.78 is 30.7. The number of halogens is 3. The van der Waals surface area contributed by atoms with E-state index in [4.69, 9.17) is 16.3 Å². The van der Waals surface area contributed by atoms with E-state index < -0.39 is 11.6 Å². The quantitative estimate of drug-likeness (QED) is 0.746. The topological polar surface area (TPSA) is 22.1 Å². The van der Waals surface area contributed by atoms with Crippen molar-refractivity contribution < 1.29 is 13.5 Å². The van der Waals surface area contributed by atoms with Crippen molar-refractivity contribution in [2.45, 2.75) is 0 Å². The number of pyridine rings is 1. The lowest BCUT2D eigenvalue weighted by molar-refractivity contribution is 0.448. The van der Waals surface area contributed by atoms with Gasteiger partial charge in [0.1, 0.15) is 10.9 Å². The minimum Gasteiger partial charge on any atom is -0.439 e.